The van der Waals surface area contributed by atoms with Crippen molar-refractivity contribution in [1.29, 1.82) is 0 Å². The Balaban J connectivity index is 1.83. The predicted molar refractivity (Wildman–Crippen MR) is 92.5 cm³/mol. The number of piperidine rings is 1. The van der Waals surface area contributed by atoms with Crippen molar-refractivity contribution in [2.24, 2.45) is 5.73 Å². The lowest BCUT2D eigenvalue weighted by atomic mass is 10.1. The van der Waals surface area contributed by atoms with E-state index in [1.165, 1.54) is 6.42 Å². The van der Waals surface area contributed by atoms with Gasteiger partial charge in [0.05, 0.1) is 12.5 Å². The van der Waals surface area contributed by atoms with E-state index in [4.69, 9.17) is 10.5 Å². The Labute approximate surface area is 143 Å². The topological polar surface area (TPSA) is 84.7 Å². The minimum Gasteiger partial charge on any atom is -0.380 e. The molecule has 0 spiro atoms. The lowest BCUT2D eigenvalue weighted by Crippen LogP contribution is -2.35. The number of ether oxygens (including phenoxy) is 1. The van der Waals surface area contributed by atoms with Gasteiger partial charge < -0.3 is 20.7 Å². The van der Waals surface area contributed by atoms with E-state index >= 15 is 0 Å². The molecule has 6 heteroatoms. The van der Waals surface area contributed by atoms with Crippen LogP contribution in [-0.2, 0) is 16.1 Å². The summed E-state index contributed by atoms with van der Waals surface area (Å²) in [5.74, 6) is -0.00284. The molecule has 1 aliphatic rings. The maximum absolute atomic E-state index is 12.4. The largest absolute Gasteiger partial charge is 0.380 e. The number of benzene rings is 1. The van der Waals surface area contributed by atoms with Crippen molar-refractivity contribution < 1.29 is 14.3 Å². The van der Waals surface area contributed by atoms with E-state index in [1.54, 1.807) is 7.11 Å². The van der Waals surface area contributed by atoms with Gasteiger partial charge in [0.2, 0.25) is 5.91 Å². The zero-order valence-corrected chi connectivity index (χ0v) is 14.3. The van der Waals surface area contributed by atoms with Gasteiger partial charge in [0.1, 0.15) is 0 Å². The van der Waals surface area contributed by atoms with Crippen LogP contribution in [0.1, 0.15) is 41.6 Å². The highest BCUT2D eigenvalue weighted by molar-refractivity contribution is 5.94. The van der Waals surface area contributed by atoms with Gasteiger partial charge in [0.15, 0.2) is 0 Å². The molecule has 132 valence electrons. The summed E-state index contributed by atoms with van der Waals surface area (Å²) < 4.78 is 5.09. The van der Waals surface area contributed by atoms with Crippen molar-refractivity contribution >= 4 is 11.8 Å². The molecule has 3 N–H and O–H groups in total. The van der Waals surface area contributed by atoms with Crippen LogP contribution in [0.3, 0.4) is 0 Å². The first-order chi connectivity index (χ1) is 11.6. The molecule has 24 heavy (non-hydrogen) atoms. The number of carbonyl (C=O) groups excluding carboxylic acids is 2. The van der Waals surface area contributed by atoms with Crippen LogP contribution in [0.4, 0.5) is 0 Å². The molecule has 0 radical (unpaired) electrons. The maximum atomic E-state index is 12.4. The van der Waals surface area contributed by atoms with E-state index in [-0.39, 0.29) is 24.3 Å². The lowest BCUT2D eigenvalue weighted by molar-refractivity contribution is -0.123. The summed E-state index contributed by atoms with van der Waals surface area (Å²) in [4.78, 5) is 26.1. The molecule has 1 aliphatic heterocycles. The van der Waals surface area contributed by atoms with E-state index in [9.17, 15) is 9.59 Å². The number of carbonyl (C=O) groups is 2. The van der Waals surface area contributed by atoms with Gasteiger partial charge in [-0.25, -0.2) is 0 Å². The molecule has 1 heterocycles. The minimum atomic E-state index is -0.255. The van der Waals surface area contributed by atoms with Crippen molar-refractivity contribution in [3.05, 3.63) is 35.4 Å². The van der Waals surface area contributed by atoms with Gasteiger partial charge in [0.25, 0.3) is 5.91 Å². The molecule has 1 fully saturated rings. The van der Waals surface area contributed by atoms with Crippen molar-refractivity contribution in [1.82, 2.24) is 10.2 Å². The van der Waals surface area contributed by atoms with Crippen molar-refractivity contribution in [2.45, 2.75) is 38.3 Å². The summed E-state index contributed by atoms with van der Waals surface area (Å²) in [5.41, 5.74) is 7.17. The fourth-order valence-electron chi connectivity index (χ4n) is 2.79. The van der Waals surface area contributed by atoms with E-state index in [2.05, 4.69) is 5.32 Å². The van der Waals surface area contributed by atoms with Crippen LogP contribution in [0.2, 0.25) is 0 Å². The molecule has 0 aliphatic carbocycles. The van der Waals surface area contributed by atoms with Gasteiger partial charge in [-0.05, 0) is 37.0 Å². The van der Waals surface area contributed by atoms with Crippen LogP contribution in [0, 0.1) is 0 Å². The van der Waals surface area contributed by atoms with E-state index in [0.29, 0.717) is 18.7 Å². The molecule has 2 amide bonds. The first-order valence-corrected chi connectivity index (χ1v) is 8.52. The molecular formula is C18H27N3O3. The van der Waals surface area contributed by atoms with Crippen LogP contribution in [0.5, 0.6) is 0 Å². The monoisotopic (exact) mass is 333 g/mol. The third kappa shape index (κ3) is 5.32. The van der Waals surface area contributed by atoms with Gasteiger partial charge in [0, 0.05) is 38.9 Å². The maximum Gasteiger partial charge on any atom is 0.253 e. The zero-order valence-electron chi connectivity index (χ0n) is 14.3. The zero-order chi connectivity index (χ0) is 17.4. The Morgan fingerprint density at radius 2 is 1.88 bits per heavy atom. The van der Waals surface area contributed by atoms with Crippen LogP contribution in [0.15, 0.2) is 24.3 Å². The number of nitrogens with one attached hydrogen (secondary N) is 1. The lowest BCUT2D eigenvalue weighted by Gasteiger charge is -2.26. The fourth-order valence-corrected chi connectivity index (χ4v) is 2.79. The first-order valence-electron chi connectivity index (χ1n) is 8.52. The minimum absolute atomic E-state index is 0.0937. The van der Waals surface area contributed by atoms with E-state index in [0.717, 1.165) is 31.5 Å². The second-order valence-corrected chi connectivity index (χ2v) is 6.12. The summed E-state index contributed by atoms with van der Waals surface area (Å²) in [7, 11) is 1.54. The average molecular weight is 333 g/mol. The first kappa shape index (κ1) is 18.4. The number of hydrogen-bond acceptors (Lipinski definition) is 4. The van der Waals surface area contributed by atoms with Crippen LogP contribution in [-0.4, -0.2) is 49.6 Å². The summed E-state index contributed by atoms with van der Waals surface area (Å²) in [6.45, 7) is 2.44. The Morgan fingerprint density at radius 3 is 2.46 bits per heavy atom. The van der Waals surface area contributed by atoms with Crippen LogP contribution in [0.25, 0.3) is 0 Å². The molecule has 0 aromatic heterocycles. The molecular weight excluding hydrogens is 306 g/mol. The number of hydrogen-bond donors (Lipinski definition) is 2. The molecule has 0 bridgehead atoms. The number of rotatable bonds is 7. The quantitative estimate of drug-likeness (QED) is 0.787. The SMILES string of the molecule is COC(CN)CC(=O)NCc1ccc(C(=O)N2CCCCC2)cc1. The molecule has 1 atom stereocenters. The molecule has 2 rings (SSSR count). The summed E-state index contributed by atoms with van der Waals surface area (Å²) >= 11 is 0. The van der Waals surface area contributed by atoms with Crippen LogP contribution >= 0.6 is 0 Å². The second kappa shape index (κ2) is 9.39. The Bertz CT molecular complexity index is 535. The third-order valence-corrected chi connectivity index (χ3v) is 4.34. The summed E-state index contributed by atoms with van der Waals surface area (Å²) in [5, 5.41) is 2.84. The van der Waals surface area contributed by atoms with Gasteiger partial charge in [-0.2, -0.15) is 0 Å². The van der Waals surface area contributed by atoms with Crippen LogP contribution < -0.4 is 11.1 Å². The van der Waals surface area contributed by atoms with Gasteiger partial charge in [-0.15, -0.1) is 0 Å². The Kier molecular flexibility index (Phi) is 7.21. The smallest absolute Gasteiger partial charge is 0.253 e. The molecule has 6 nitrogen and oxygen atoms in total. The second-order valence-electron chi connectivity index (χ2n) is 6.12. The highest BCUT2D eigenvalue weighted by atomic mass is 16.5. The molecule has 1 aromatic carbocycles. The predicted octanol–water partition coefficient (Wildman–Crippen LogP) is 1.29. The standard InChI is InChI=1S/C18H27N3O3/c1-24-16(12-19)11-17(22)20-13-14-5-7-15(8-6-14)18(23)21-9-3-2-4-10-21/h5-8,16H,2-4,9-13,19H2,1H3,(H,20,22). The van der Waals surface area contributed by atoms with Crippen molar-refractivity contribution in [2.75, 3.05) is 26.7 Å². The number of nitrogens with two attached hydrogens (primary N) is 1. The van der Waals surface area contributed by atoms with E-state index in [1.807, 2.05) is 29.2 Å². The molecule has 1 saturated heterocycles. The Morgan fingerprint density at radius 1 is 1.21 bits per heavy atom. The fraction of sp³-hybridized carbons (Fsp3) is 0.556. The van der Waals surface area contributed by atoms with Gasteiger partial charge in [-0.1, -0.05) is 12.1 Å². The molecule has 1 aromatic rings. The number of amides is 2. The Hall–Kier alpha value is -1.92. The van der Waals surface area contributed by atoms with E-state index < -0.39 is 0 Å². The summed E-state index contributed by atoms with van der Waals surface area (Å²) in [6, 6.07) is 7.43. The molecule has 0 saturated carbocycles. The normalized spacial score (nSPS) is 15.8. The number of likely N-dealkylation sites (tertiary alicyclic amines) is 1. The van der Waals surface area contributed by atoms with Gasteiger partial charge in [-0.3, -0.25) is 9.59 Å². The van der Waals surface area contributed by atoms with Crippen molar-refractivity contribution in [3.63, 3.8) is 0 Å². The average Bonchev–Trinajstić information content (AvgIpc) is 2.65. The highest BCUT2D eigenvalue weighted by Crippen LogP contribution is 2.14. The molecule has 1 unspecified atom stereocenters. The number of nitrogens with zero attached hydrogens (tertiary/aromatic N) is 1. The summed E-state index contributed by atoms with van der Waals surface area (Å²) in [6.07, 6.45) is 3.37. The van der Waals surface area contributed by atoms with Gasteiger partial charge >= 0.3 is 0 Å². The third-order valence-electron chi connectivity index (χ3n) is 4.34. The highest BCUT2D eigenvalue weighted by Gasteiger charge is 2.18. The number of methoxy groups -OCH3 is 1. The van der Waals surface area contributed by atoms with Crippen molar-refractivity contribution in [3.8, 4) is 0 Å².